The monoisotopic (exact) mass is 380 g/mol. The van der Waals surface area contributed by atoms with Crippen molar-refractivity contribution in [1.29, 1.82) is 0 Å². The molecule has 0 spiro atoms. The molecule has 0 N–H and O–H groups in total. The Hall–Kier alpha value is -2.99. The van der Waals surface area contributed by atoms with E-state index >= 15 is 0 Å². The lowest BCUT2D eigenvalue weighted by Crippen LogP contribution is -2.52. The number of hydrogen-bond acceptors (Lipinski definition) is 4. The second-order valence-electron chi connectivity index (χ2n) is 6.42. The smallest absolute Gasteiger partial charge is 0.265 e. The van der Waals surface area contributed by atoms with E-state index < -0.39 is 11.8 Å². The van der Waals surface area contributed by atoms with Gasteiger partial charge in [0, 0.05) is 14.1 Å². The van der Waals surface area contributed by atoms with Crippen LogP contribution in [0.15, 0.2) is 54.1 Å². The van der Waals surface area contributed by atoms with Gasteiger partial charge in [-0.1, -0.05) is 42.0 Å². The van der Waals surface area contributed by atoms with Crippen LogP contribution < -0.4 is 4.74 Å². The van der Waals surface area contributed by atoms with Gasteiger partial charge in [-0.05, 0) is 48.5 Å². The molecular formula is C21H20N2O3S. The summed E-state index contributed by atoms with van der Waals surface area (Å²) in [5, 5.41) is 0.196. The van der Waals surface area contributed by atoms with Crippen LogP contribution in [0, 0.1) is 6.92 Å². The van der Waals surface area contributed by atoms with E-state index in [-0.39, 0.29) is 10.7 Å². The van der Waals surface area contributed by atoms with Crippen LogP contribution in [0.3, 0.4) is 0 Å². The highest BCUT2D eigenvalue weighted by Gasteiger charge is 2.35. The average molecular weight is 380 g/mol. The van der Waals surface area contributed by atoms with Gasteiger partial charge in [0.25, 0.3) is 11.8 Å². The van der Waals surface area contributed by atoms with Crippen LogP contribution in [0.5, 0.6) is 5.75 Å². The van der Waals surface area contributed by atoms with Gasteiger partial charge in [0.2, 0.25) is 0 Å². The third kappa shape index (κ3) is 4.06. The Kier molecular flexibility index (Phi) is 5.37. The summed E-state index contributed by atoms with van der Waals surface area (Å²) in [5.41, 5.74) is 3.11. The van der Waals surface area contributed by atoms with Crippen LogP contribution in [-0.4, -0.2) is 40.8 Å². The van der Waals surface area contributed by atoms with Crippen LogP contribution in [0.2, 0.25) is 0 Å². The fraction of sp³-hybridized carbons (Fsp3) is 0.190. The topological polar surface area (TPSA) is 49.9 Å². The Labute approximate surface area is 163 Å². The highest BCUT2D eigenvalue weighted by molar-refractivity contribution is 7.80. The van der Waals surface area contributed by atoms with Crippen molar-refractivity contribution in [2.75, 3.05) is 14.1 Å². The molecule has 2 aromatic carbocycles. The van der Waals surface area contributed by atoms with Crippen molar-refractivity contribution in [3.05, 3.63) is 70.8 Å². The van der Waals surface area contributed by atoms with Crippen LogP contribution in [0.25, 0.3) is 6.08 Å². The third-order valence-electron chi connectivity index (χ3n) is 4.32. The number of rotatable bonds is 4. The quantitative estimate of drug-likeness (QED) is 0.464. The maximum atomic E-state index is 12.3. The first-order chi connectivity index (χ1) is 12.9. The lowest BCUT2D eigenvalue weighted by Gasteiger charge is -2.31. The largest absolute Gasteiger partial charge is 0.489 e. The molecule has 0 bridgehead atoms. The Morgan fingerprint density at radius 1 is 1.00 bits per heavy atom. The van der Waals surface area contributed by atoms with Crippen molar-refractivity contribution >= 4 is 35.2 Å². The molecule has 2 amide bonds. The van der Waals surface area contributed by atoms with E-state index in [4.69, 9.17) is 17.0 Å². The first-order valence-corrected chi connectivity index (χ1v) is 8.88. The van der Waals surface area contributed by atoms with E-state index in [1.165, 1.54) is 15.4 Å². The highest BCUT2D eigenvalue weighted by Crippen LogP contribution is 2.20. The van der Waals surface area contributed by atoms with E-state index in [9.17, 15) is 9.59 Å². The van der Waals surface area contributed by atoms with Gasteiger partial charge in [0.1, 0.15) is 17.9 Å². The van der Waals surface area contributed by atoms with Crippen molar-refractivity contribution in [2.45, 2.75) is 13.5 Å². The molecule has 0 saturated carbocycles. The molecule has 5 nitrogen and oxygen atoms in total. The summed E-state index contributed by atoms with van der Waals surface area (Å²) < 4.78 is 5.79. The molecular weight excluding hydrogens is 360 g/mol. The van der Waals surface area contributed by atoms with Gasteiger partial charge in [-0.15, -0.1) is 0 Å². The molecule has 0 aliphatic carbocycles. The summed E-state index contributed by atoms with van der Waals surface area (Å²) in [7, 11) is 3.12. The van der Waals surface area contributed by atoms with E-state index in [1.807, 2.05) is 49.4 Å². The molecule has 0 radical (unpaired) electrons. The molecule has 6 heteroatoms. The lowest BCUT2D eigenvalue weighted by molar-refractivity contribution is -0.132. The molecule has 0 aromatic heterocycles. The predicted octanol–water partition coefficient (Wildman–Crippen LogP) is 3.17. The standard InChI is InChI=1S/C21H20N2O3S/c1-14-5-4-6-16(11-14)13-26-17-9-7-15(8-10-17)12-18-19(24)22(2)21(27)23(3)20(18)25/h4-12H,13H2,1-3H3. The summed E-state index contributed by atoms with van der Waals surface area (Å²) >= 11 is 5.08. The summed E-state index contributed by atoms with van der Waals surface area (Å²) in [4.78, 5) is 27.3. The zero-order valence-corrected chi connectivity index (χ0v) is 16.2. The van der Waals surface area contributed by atoms with Crippen LogP contribution in [0.1, 0.15) is 16.7 Å². The minimum Gasteiger partial charge on any atom is -0.489 e. The maximum absolute atomic E-state index is 12.3. The van der Waals surface area contributed by atoms with E-state index in [0.717, 1.165) is 16.9 Å². The molecule has 27 heavy (non-hydrogen) atoms. The number of nitrogens with zero attached hydrogens (tertiary/aromatic N) is 2. The third-order valence-corrected chi connectivity index (χ3v) is 4.87. The molecule has 1 aliphatic heterocycles. The van der Waals surface area contributed by atoms with Crippen molar-refractivity contribution in [3.63, 3.8) is 0 Å². The molecule has 1 fully saturated rings. The van der Waals surface area contributed by atoms with Crippen molar-refractivity contribution < 1.29 is 14.3 Å². The van der Waals surface area contributed by atoms with Gasteiger partial charge >= 0.3 is 0 Å². The number of thiocarbonyl (C=S) groups is 1. The van der Waals surface area contributed by atoms with Crippen LogP contribution in [0.4, 0.5) is 0 Å². The van der Waals surface area contributed by atoms with Gasteiger partial charge in [0.05, 0.1) is 0 Å². The second-order valence-corrected chi connectivity index (χ2v) is 6.78. The Bertz CT molecular complexity index is 909. The highest BCUT2D eigenvalue weighted by atomic mass is 32.1. The van der Waals surface area contributed by atoms with E-state index in [0.29, 0.717) is 6.61 Å². The van der Waals surface area contributed by atoms with Crippen LogP contribution in [-0.2, 0) is 16.2 Å². The molecule has 1 heterocycles. The number of likely N-dealkylation sites (N-methyl/N-ethyl adjacent to an activating group) is 2. The fourth-order valence-electron chi connectivity index (χ4n) is 2.77. The number of aryl methyl sites for hydroxylation is 1. The van der Waals surface area contributed by atoms with Gasteiger partial charge in [0.15, 0.2) is 5.11 Å². The van der Waals surface area contributed by atoms with Gasteiger partial charge in [-0.25, -0.2) is 0 Å². The summed E-state index contributed by atoms with van der Waals surface area (Å²) in [5.74, 6) is -0.0823. The Balaban J connectivity index is 1.73. The molecule has 1 saturated heterocycles. The first-order valence-electron chi connectivity index (χ1n) is 8.47. The number of ether oxygens (including phenoxy) is 1. The zero-order valence-electron chi connectivity index (χ0n) is 15.4. The van der Waals surface area contributed by atoms with Crippen molar-refractivity contribution in [3.8, 4) is 5.75 Å². The summed E-state index contributed by atoms with van der Waals surface area (Å²) in [6.45, 7) is 2.52. The lowest BCUT2D eigenvalue weighted by atomic mass is 10.1. The Morgan fingerprint density at radius 2 is 1.63 bits per heavy atom. The molecule has 138 valence electrons. The van der Waals surface area contributed by atoms with Crippen molar-refractivity contribution in [1.82, 2.24) is 9.80 Å². The fourth-order valence-corrected chi connectivity index (χ4v) is 2.94. The SMILES string of the molecule is Cc1cccc(COc2ccc(C=C3C(=O)N(C)C(=S)N(C)C3=O)cc2)c1. The molecule has 3 rings (SSSR count). The van der Waals surface area contributed by atoms with Gasteiger partial charge in [-0.3, -0.25) is 19.4 Å². The molecule has 0 atom stereocenters. The van der Waals surface area contributed by atoms with Crippen LogP contribution >= 0.6 is 12.2 Å². The normalized spacial score (nSPS) is 14.6. The molecule has 0 unspecified atom stereocenters. The van der Waals surface area contributed by atoms with Gasteiger partial charge in [-0.2, -0.15) is 0 Å². The number of amides is 2. The average Bonchev–Trinajstić information content (AvgIpc) is 2.67. The zero-order chi connectivity index (χ0) is 19.6. The Morgan fingerprint density at radius 3 is 2.22 bits per heavy atom. The maximum Gasteiger partial charge on any atom is 0.265 e. The summed E-state index contributed by atoms with van der Waals surface area (Å²) in [6.07, 6.45) is 1.57. The molecule has 1 aliphatic rings. The number of hydrogen-bond donors (Lipinski definition) is 0. The minimum atomic E-state index is -0.400. The molecule has 2 aromatic rings. The van der Waals surface area contributed by atoms with Gasteiger partial charge < -0.3 is 4.74 Å². The van der Waals surface area contributed by atoms with Crippen molar-refractivity contribution in [2.24, 2.45) is 0 Å². The minimum absolute atomic E-state index is 0.0852. The number of carbonyl (C=O) groups excluding carboxylic acids is 2. The first kappa shape index (κ1) is 18.8. The predicted molar refractivity (Wildman–Crippen MR) is 108 cm³/mol. The number of carbonyl (C=O) groups is 2. The van der Waals surface area contributed by atoms with E-state index in [2.05, 4.69) is 6.07 Å². The second kappa shape index (κ2) is 7.72. The van der Waals surface area contributed by atoms with E-state index in [1.54, 1.807) is 20.2 Å². The number of benzene rings is 2. The summed E-state index contributed by atoms with van der Waals surface area (Å²) in [6, 6.07) is 15.4.